The van der Waals surface area contributed by atoms with Crippen LogP contribution in [-0.2, 0) is 21.5 Å². The molecule has 0 spiro atoms. The lowest BCUT2D eigenvalue weighted by Gasteiger charge is -2.31. The number of nitrogens with zero attached hydrogens (tertiary/aromatic N) is 1. The number of nitrogens with one attached hydrogen (secondary N) is 1. The van der Waals surface area contributed by atoms with Gasteiger partial charge in [0, 0.05) is 19.6 Å². The third kappa shape index (κ3) is 4.67. The number of benzene rings is 1. The van der Waals surface area contributed by atoms with Crippen molar-refractivity contribution in [2.45, 2.75) is 24.3 Å². The SMILES string of the molecule is NC(=O)C1CCCN(C(=O)NCc2ccc(S(=O)(=O)O)cc2)C1. The molecule has 0 aliphatic carbocycles. The van der Waals surface area contributed by atoms with Gasteiger partial charge in [0.05, 0.1) is 10.8 Å². The van der Waals surface area contributed by atoms with Crippen molar-refractivity contribution in [3.05, 3.63) is 29.8 Å². The summed E-state index contributed by atoms with van der Waals surface area (Å²) in [5, 5.41) is 2.71. The summed E-state index contributed by atoms with van der Waals surface area (Å²) in [6.07, 6.45) is 1.42. The number of hydrogen-bond acceptors (Lipinski definition) is 4. The number of urea groups is 1. The highest BCUT2D eigenvalue weighted by Gasteiger charge is 2.26. The molecule has 9 heteroatoms. The van der Waals surface area contributed by atoms with Crippen LogP contribution < -0.4 is 11.1 Å². The summed E-state index contributed by atoms with van der Waals surface area (Å²) < 4.78 is 30.8. The van der Waals surface area contributed by atoms with Crippen LogP contribution in [0.25, 0.3) is 0 Å². The highest BCUT2D eigenvalue weighted by Crippen LogP contribution is 2.16. The lowest BCUT2D eigenvalue weighted by atomic mass is 9.98. The summed E-state index contributed by atoms with van der Waals surface area (Å²) in [5.74, 6) is -0.716. The number of piperidine rings is 1. The van der Waals surface area contributed by atoms with E-state index < -0.39 is 16.0 Å². The fraction of sp³-hybridized carbons (Fsp3) is 0.429. The zero-order chi connectivity index (χ0) is 17.0. The molecule has 1 aliphatic rings. The standard InChI is InChI=1S/C14H19N3O5S/c15-13(18)11-2-1-7-17(9-11)14(19)16-8-10-3-5-12(6-4-10)23(20,21)22/h3-6,11H,1-2,7-9H2,(H2,15,18)(H,16,19)(H,20,21,22). The van der Waals surface area contributed by atoms with Crippen molar-refractivity contribution in [1.82, 2.24) is 10.2 Å². The number of likely N-dealkylation sites (tertiary alicyclic amines) is 1. The first kappa shape index (κ1) is 17.2. The molecule has 0 aromatic heterocycles. The molecule has 0 bridgehead atoms. The van der Waals surface area contributed by atoms with Gasteiger partial charge in [-0.3, -0.25) is 9.35 Å². The van der Waals surface area contributed by atoms with E-state index in [1.54, 1.807) is 4.90 Å². The summed E-state index contributed by atoms with van der Waals surface area (Å²) in [5.41, 5.74) is 5.97. The van der Waals surface area contributed by atoms with Gasteiger partial charge in [0.15, 0.2) is 0 Å². The van der Waals surface area contributed by atoms with Crippen molar-refractivity contribution in [2.75, 3.05) is 13.1 Å². The molecule has 1 atom stereocenters. The lowest BCUT2D eigenvalue weighted by molar-refractivity contribution is -0.123. The van der Waals surface area contributed by atoms with Crippen molar-refractivity contribution in [2.24, 2.45) is 11.7 Å². The molecule has 1 aromatic rings. The molecule has 1 aromatic carbocycles. The van der Waals surface area contributed by atoms with E-state index in [0.29, 0.717) is 25.1 Å². The Bertz CT molecular complexity index is 687. The summed E-state index contributed by atoms with van der Waals surface area (Å²) in [6, 6.07) is 5.24. The van der Waals surface area contributed by atoms with Crippen molar-refractivity contribution < 1.29 is 22.6 Å². The molecule has 0 saturated carbocycles. The predicted molar refractivity (Wildman–Crippen MR) is 82.0 cm³/mol. The van der Waals surface area contributed by atoms with Crippen LogP contribution in [0.1, 0.15) is 18.4 Å². The molecule has 4 N–H and O–H groups in total. The number of primary amides is 1. The van der Waals surface area contributed by atoms with E-state index in [4.69, 9.17) is 10.3 Å². The number of carbonyl (C=O) groups excluding carboxylic acids is 2. The first-order chi connectivity index (χ1) is 10.8. The Labute approximate surface area is 134 Å². The van der Waals surface area contributed by atoms with E-state index in [-0.39, 0.29) is 23.4 Å². The van der Waals surface area contributed by atoms with Crippen molar-refractivity contribution in [3.63, 3.8) is 0 Å². The van der Waals surface area contributed by atoms with Gasteiger partial charge in [-0.2, -0.15) is 8.42 Å². The van der Waals surface area contributed by atoms with E-state index in [1.807, 2.05) is 0 Å². The molecule has 23 heavy (non-hydrogen) atoms. The average Bonchev–Trinajstić information content (AvgIpc) is 2.52. The monoisotopic (exact) mass is 341 g/mol. The molecule has 1 heterocycles. The van der Waals surface area contributed by atoms with Gasteiger partial charge in [0.25, 0.3) is 10.1 Å². The summed E-state index contributed by atoms with van der Waals surface area (Å²) in [7, 11) is -4.22. The van der Waals surface area contributed by atoms with Crippen LogP contribution in [0.4, 0.5) is 4.79 Å². The number of carbonyl (C=O) groups is 2. The Balaban J connectivity index is 1.90. The number of amides is 3. The molecule has 1 fully saturated rings. The second kappa shape index (κ2) is 6.97. The van der Waals surface area contributed by atoms with Crippen molar-refractivity contribution >= 4 is 22.1 Å². The van der Waals surface area contributed by atoms with Gasteiger partial charge >= 0.3 is 6.03 Å². The minimum absolute atomic E-state index is 0.201. The molecule has 0 radical (unpaired) electrons. The fourth-order valence-corrected chi connectivity index (χ4v) is 2.94. The van der Waals surface area contributed by atoms with Crippen LogP contribution in [0.2, 0.25) is 0 Å². The van der Waals surface area contributed by atoms with Gasteiger partial charge in [-0.05, 0) is 30.5 Å². The van der Waals surface area contributed by atoms with Crippen LogP contribution in [0.15, 0.2) is 29.2 Å². The van der Waals surface area contributed by atoms with Gasteiger partial charge in [-0.25, -0.2) is 4.79 Å². The van der Waals surface area contributed by atoms with Gasteiger partial charge in [0.1, 0.15) is 0 Å². The smallest absolute Gasteiger partial charge is 0.317 e. The predicted octanol–water partition coefficient (Wildman–Crippen LogP) is 0.340. The zero-order valence-corrected chi connectivity index (χ0v) is 13.3. The van der Waals surface area contributed by atoms with E-state index in [9.17, 15) is 18.0 Å². The maximum absolute atomic E-state index is 12.1. The van der Waals surface area contributed by atoms with Crippen LogP contribution in [-0.4, -0.2) is 42.9 Å². The number of nitrogens with two attached hydrogens (primary N) is 1. The van der Waals surface area contributed by atoms with Crippen LogP contribution in [0.3, 0.4) is 0 Å². The van der Waals surface area contributed by atoms with Crippen LogP contribution in [0, 0.1) is 5.92 Å². The summed E-state index contributed by atoms with van der Waals surface area (Å²) >= 11 is 0. The first-order valence-electron chi connectivity index (χ1n) is 7.16. The maximum Gasteiger partial charge on any atom is 0.317 e. The highest BCUT2D eigenvalue weighted by molar-refractivity contribution is 7.85. The molecule has 1 unspecified atom stereocenters. The van der Waals surface area contributed by atoms with Crippen LogP contribution in [0.5, 0.6) is 0 Å². The van der Waals surface area contributed by atoms with E-state index in [2.05, 4.69) is 5.32 Å². The molecule has 2 rings (SSSR count). The molecule has 3 amide bonds. The average molecular weight is 341 g/mol. The van der Waals surface area contributed by atoms with E-state index in [1.165, 1.54) is 24.3 Å². The number of hydrogen-bond donors (Lipinski definition) is 3. The lowest BCUT2D eigenvalue weighted by Crippen LogP contribution is -2.47. The third-order valence-electron chi connectivity index (χ3n) is 3.78. The normalized spacial score (nSPS) is 18.5. The Kier molecular flexibility index (Phi) is 5.22. The Morgan fingerprint density at radius 2 is 1.96 bits per heavy atom. The minimum Gasteiger partial charge on any atom is -0.369 e. The van der Waals surface area contributed by atoms with E-state index >= 15 is 0 Å². The molecule has 1 aliphatic heterocycles. The summed E-state index contributed by atoms with van der Waals surface area (Å²) in [4.78, 5) is 24.6. The largest absolute Gasteiger partial charge is 0.369 e. The Hall–Kier alpha value is -2.13. The van der Waals surface area contributed by atoms with Crippen molar-refractivity contribution in [3.8, 4) is 0 Å². The van der Waals surface area contributed by atoms with Gasteiger partial charge in [0.2, 0.25) is 5.91 Å². The number of rotatable bonds is 4. The fourth-order valence-electron chi connectivity index (χ4n) is 2.46. The second-order valence-electron chi connectivity index (χ2n) is 5.47. The first-order valence-corrected chi connectivity index (χ1v) is 8.60. The zero-order valence-electron chi connectivity index (χ0n) is 12.4. The molecule has 8 nitrogen and oxygen atoms in total. The highest BCUT2D eigenvalue weighted by atomic mass is 32.2. The third-order valence-corrected chi connectivity index (χ3v) is 4.64. The van der Waals surface area contributed by atoms with Gasteiger partial charge in [-0.15, -0.1) is 0 Å². The Morgan fingerprint density at radius 1 is 1.30 bits per heavy atom. The molecular formula is C14H19N3O5S. The quantitative estimate of drug-likeness (QED) is 0.680. The van der Waals surface area contributed by atoms with Crippen molar-refractivity contribution in [1.29, 1.82) is 0 Å². The molecule has 1 saturated heterocycles. The van der Waals surface area contributed by atoms with E-state index in [0.717, 1.165) is 6.42 Å². The molecule has 126 valence electrons. The maximum atomic E-state index is 12.1. The van der Waals surface area contributed by atoms with Gasteiger partial charge < -0.3 is 16.0 Å². The van der Waals surface area contributed by atoms with Crippen LogP contribution >= 0.6 is 0 Å². The van der Waals surface area contributed by atoms with Gasteiger partial charge in [-0.1, -0.05) is 12.1 Å². The topological polar surface area (TPSA) is 130 Å². The Morgan fingerprint density at radius 3 is 2.52 bits per heavy atom. The summed E-state index contributed by atoms with van der Waals surface area (Å²) in [6.45, 7) is 1.09. The second-order valence-corrected chi connectivity index (χ2v) is 6.89. The molecular weight excluding hydrogens is 322 g/mol. The minimum atomic E-state index is -4.22.